The lowest BCUT2D eigenvalue weighted by Gasteiger charge is -2.24. The van der Waals surface area contributed by atoms with Gasteiger partial charge >= 0.3 is 0 Å². The third-order valence-electron chi connectivity index (χ3n) is 5.11. The second-order valence-corrected chi connectivity index (χ2v) is 7.48. The quantitative estimate of drug-likeness (QED) is 0.751. The van der Waals surface area contributed by atoms with Crippen molar-refractivity contribution in [2.75, 3.05) is 26.4 Å². The Morgan fingerprint density at radius 1 is 0.867 bits per heavy atom. The molecule has 2 aromatic carbocycles. The van der Waals surface area contributed by atoms with Gasteiger partial charge in [0.05, 0.1) is 25.9 Å². The molecule has 164 valence electrons. The number of aliphatic hydroxyl groups is 2. The summed E-state index contributed by atoms with van der Waals surface area (Å²) in [5.41, 5.74) is 1.90. The first-order chi connectivity index (χ1) is 14.7. The minimum atomic E-state index is -0.0891. The smallest absolute Gasteiger partial charge is 0.128 e. The molecular weight excluding hydrogens is 384 g/mol. The lowest BCUT2D eigenvalue weighted by Crippen LogP contribution is -2.26. The van der Waals surface area contributed by atoms with Gasteiger partial charge in [-0.15, -0.1) is 0 Å². The molecule has 2 N–H and O–H groups in total. The van der Waals surface area contributed by atoms with Crippen LogP contribution in [0.5, 0.6) is 11.5 Å². The first-order valence-corrected chi connectivity index (χ1v) is 10.7. The first kappa shape index (κ1) is 22.6. The van der Waals surface area contributed by atoms with E-state index in [2.05, 4.69) is 0 Å². The lowest BCUT2D eigenvalue weighted by molar-refractivity contribution is 0.0140. The lowest BCUT2D eigenvalue weighted by atomic mass is 10.1. The SMILES string of the molecule is OC1CCOCC1.OCc1ccc(OCc2ccccc2)cc1OC1CCOCC1. The molecule has 2 fully saturated rings. The molecule has 0 saturated carbocycles. The van der Waals surface area contributed by atoms with Crippen molar-refractivity contribution >= 4 is 0 Å². The summed E-state index contributed by atoms with van der Waals surface area (Å²) in [4.78, 5) is 0. The fraction of sp³-hybridized carbons (Fsp3) is 0.500. The molecule has 4 rings (SSSR count). The topological polar surface area (TPSA) is 77.4 Å². The molecule has 2 aliphatic heterocycles. The van der Waals surface area contributed by atoms with E-state index >= 15 is 0 Å². The molecule has 2 saturated heterocycles. The highest BCUT2D eigenvalue weighted by Gasteiger charge is 2.17. The number of hydrogen-bond donors (Lipinski definition) is 2. The summed E-state index contributed by atoms with van der Waals surface area (Å²) in [6, 6.07) is 15.6. The van der Waals surface area contributed by atoms with Crippen molar-refractivity contribution in [3.8, 4) is 11.5 Å². The number of rotatable bonds is 6. The summed E-state index contributed by atoms with van der Waals surface area (Å²) in [6.07, 6.45) is 3.44. The Morgan fingerprint density at radius 2 is 1.53 bits per heavy atom. The van der Waals surface area contributed by atoms with Gasteiger partial charge in [0, 0.05) is 37.7 Å². The molecule has 0 aliphatic carbocycles. The fourth-order valence-corrected chi connectivity index (χ4v) is 3.26. The molecule has 0 radical (unpaired) electrons. The van der Waals surface area contributed by atoms with E-state index in [1.54, 1.807) is 0 Å². The molecule has 6 heteroatoms. The Balaban J connectivity index is 0.000000310. The van der Waals surface area contributed by atoms with Gasteiger partial charge in [0.25, 0.3) is 0 Å². The predicted molar refractivity (Wildman–Crippen MR) is 114 cm³/mol. The minimum absolute atomic E-state index is 0.0441. The maximum atomic E-state index is 9.50. The predicted octanol–water partition coefficient (Wildman–Crippen LogP) is 3.47. The van der Waals surface area contributed by atoms with Crippen LogP contribution in [0.15, 0.2) is 48.5 Å². The Labute approximate surface area is 178 Å². The summed E-state index contributed by atoms with van der Waals surface area (Å²) in [7, 11) is 0. The molecule has 0 aromatic heterocycles. The summed E-state index contributed by atoms with van der Waals surface area (Å²) in [5.74, 6) is 1.44. The van der Waals surface area contributed by atoms with E-state index in [4.69, 9.17) is 24.1 Å². The summed E-state index contributed by atoms with van der Waals surface area (Å²) >= 11 is 0. The molecule has 2 aromatic rings. The van der Waals surface area contributed by atoms with Gasteiger partial charge in [0.2, 0.25) is 0 Å². The van der Waals surface area contributed by atoms with Crippen LogP contribution in [0.25, 0.3) is 0 Å². The van der Waals surface area contributed by atoms with Crippen LogP contribution in [-0.2, 0) is 22.7 Å². The number of aliphatic hydroxyl groups excluding tert-OH is 2. The zero-order valence-electron chi connectivity index (χ0n) is 17.4. The standard InChI is InChI=1S/C19H22O4.C5H10O2/c20-13-16-6-7-18(22-14-15-4-2-1-3-5-15)12-19(16)23-17-8-10-21-11-9-17;6-5-1-3-7-4-2-5/h1-7,12,17,20H,8-11,13-14H2;5-6H,1-4H2. The van der Waals surface area contributed by atoms with Crippen molar-refractivity contribution < 1.29 is 29.2 Å². The van der Waals surface area contributed by atoms with Crippen molar-refractivity contribution in [3.63, 3.8) is 0 Å². The highest BCUT2D eigenvalue weighted by atomic mass is 16.5. The second kappa shape index (κ2) is 12.5. The maximum absolute atomic E-state index is 9.50. The van der Waals surface area contributed by atoms with E-state index in [9.17, 15) is 5.11 Å². The van der Waals surface area contributed by atoms with E-state index in [1.165, 1.54) is 0 Å². The van der Waals surface area contributed by atoms with Crippen LogP contribution in [-0.4, -0.2) is 48.8 Å². The van der Waals surface area contributed by atoms with E-state index in [1.807, 2.05) is 48.5 Å². The molecule has 0 atom stereocenters. The summed E-state index contributed by atoms with van der Waals surface area (Å²) in [5, 5.41) is 18.3. The van der Waals surface area contributed by atoms with E-state index in [0.29, 0.717) is 12.4 Å². The summed E-state index contributed by atoms with van der Waals surface area (Å²) in [6.45, 7) is 3.39. The average Bonchev–Trinajstić information content (AvgIpc) is 2.80. The monoisotopic (exact) mass is 416 g/mol. The van der Waals surface area contributed by atoms with Crippen LogP contribution in [0.4, 0.5) is 0 Å². The molecule has 30 heavy (non-hydrogen) atoms. The third kappa shape index (κ3) is 7.61. The summed E-state index contributed by atoms with van der Waals surface area (Å²) < 4.78 is 22.2. The van der Waals surface area contributed by atoms with Crippen LogP contribution < -0.4 is 9.47 Å². The third-order valence-corrected chi connectivity index (χ3v) is 5.11. The van der Waals surface area contributed by atoms with E-state index in [-0.39, 0.29) is 18.8 Å². The maximum Gasteiger partial charge on any atom is 0.128 e. The number of hydrogen-bond acceptors (Lipinski definition) is 6. The van der Waals surface area contributed by atoms with Crippen molar-refractivity contribution in [1.82, 2.24) is 0 Å². The molecule has 0 unspecified atom stereocenters. The molecular formula is C24H32O6. The average molecular weight is 417 g/mol. The van der Waals surface area contributed by atoms with E-state index in [0.717, 1.165) is 69.0 Å². The van der Waals surface area contributed by atoms with Crippen LogP contribution in [0, 0.1) is 0 Å². The van der Waals surface area contributed by atoms with Crippen molar-refractivity contribution in [3.05, 3.63) is 59.7 Å². The van der Waals surface area contributed by atoms with Gasteiger partial charge in [-0.2, -0.15) is 0 Å². The van der Waals surface area contributed by atoms with Crippen LogP contribution in [0.2, 0.25) is 0 Å². The first-order valence-electron chi connectivity index (χ1n) is 10.7. The van der Waals surface area contributed by atoms with Crippen molar-refractivity contribution in [2.45, 2.75) is 51.1 Å². The highest BCUT2D eigenvalue weighted by Crippen LogP contribution is 2.28. The minimum Gasteiger partial charge on any atom is -0.490 e. The van der Waals surface area contributed by atoms with Crippen LogP contribution in [0.1, 0.15) is 36.8 Å². The zero-order chi connectivity index (χ0) is 21.0. The van der Waals surface area contributed by atoms with Gasteiger partial charge in [0.15, 0.2) is 0 Å². The largest absolute Gasteiger partial charge is 0.490 e. The molecule has 2 aliphatic rings. The highest BCUT2D eigenvalue weighted by molar-refractivity contribution is 5.40. The Morgan fingerprint density at radius 3 is 2.13 bits per heavy atom. The number of ether oxygens (including phenoxy) is 4. The number of benzene rings is 2. The Bertz CT molecular complexity index is 724. The van der Waals surface area contributed by atoms with Crippen molar-refractivity contribution in [2.24, 2.45) is 0 Å². The second-order valence-electron chi connectivity index (χ2n) is 7.48. The zero-order valence-corrected chi connectivity index (χ0v) is 17.4. The van der Waals surface area contributed by atoms with Crippen LogP contribution in [0.3, 0.4) is 0 Å². The van der Waals surface area contributed by atoms with Gasteiger partial charge in [-0.1, -0.05) is 30.3 Å². The van der Waals surface area contributed by atoms with Gasteiger partial charge in [-0.3, -0.25) is 0 Å². The van der Waals surface area contributed by atoms with Crippen LogP contribution >= 0.6 is 0 Å². The molecule has 2 heterocycles. The van der Waals surface area contributed by atoms with E-state index < -0.39 is 0 Å². The Kier molecular flexibility index (Phi) is 9.44. The molecule has 0 bridgehead atoms. The Hall–Kier alpha value is -2.12. The van der Waals surface area contributed by atoms with Crippen molar-refractivity contribution in [1.29, 1.82) is 0 Å². The molecule has 0 spiro atoms. The fourth-order valence-electron chi connectivity index (χ4n) is 3.26. The van der Waals surface area contributed by atoms with Gasteiger partial charge in [-0.25, -0.2) is 0 Å². The van der Waals surface area contributed by atoms with Gasteiger partial charge in [0.1, 0.15) is 24.2 Å². The normalized spacial score (nSPS) is 17.7. The molecule has 6 nitrogen and oxygen atoms in total. The van der Waals surface area contributed by atoms with Gasteiger partial charge < -0.3 is 29.2 Å². The van der Waals surface area contributed by atoms with Gasteiger partial charge in [-0.05, 0) is 30.5 Å². The molecule has 0 amide bonds.